The van der Waals surface area contributed by atoms with Crippen LogP contribution in [0.1, 0.15) is 37.7 Å². The Hall–Kier alpha value is -1.62. The molecule has 5 heteroatoms. The number of rotatable bonds is 8. The number of carbonyl (C=O) groups excluding carboxylic acids is 1. The van der Waals surface area contributed by atoms with Crippen LogP contribution < -0.4 is 10.6 Å². The van der Waals surface area contributed by atoms with Crippen LogP contribution in [0.25, 0.3) is 0 Å². The Bertz CT molecular complexity index is 404. The van der Waals surface area contributed by atoms with Crippen LogP contribution in [-0.2, 0) is 4.74 Å². The molecule has 1 unspecified atom stereocenters. The van der Waals surface area contributed by atoms with E-state index >= 15 is 0 Å². The van der Waals surface area contributed by atoms with Gasteiger partial charge in [0.05, 0.1) is 24.5 Å². The molecule has 0 bridgehead atoms. The molecule has 112 valence electrons. The van der Waals surface area contributed by atoms with Crippen LogP contribution in [0.5, 0.6) is 0 Å². The second-order valence-electron chi connectivity index (χ2n) is 5.14. The lowest BCUT2D eigenvalue weighted by Gasteiger charge is -2.21. The Morgan fingerprint density at radius 2 is 2.15 bits per heavy atom. The van der Waals surface area contributed by atoms with Crippen LogP contribution in [0.15, 0.2) is 18.3 Å². The predicted molar refractivity (Wildman–Crippen MR) is 81.0 cm³/mol. The van der Waals surface area contributed by atoms with Gasteiger partial charge in [0.25, 0.3) is 5.91 Å². The second kappa shape index (κ2) is 8.53. The van der Waals surface area contributed by atoms with Crippen molar-refractivity contribution in [3.05, 3.63) is 24.0 Å². The number of methoxy groups -OCH3 is 1. The van der Waals surface area contributed by atoms with Gasteiger partial charge in [-0.15, -0.1) is 0 Å². The van der Waals surface area contributed by atoms with Crippen molar-refractivity contribution in [1.29, 1.82) is 0 Å². The third-order valence-electron chi connectivity index (χ3n) is 3.04. The summed E-state index contributed by atoms with van der Waals surface area (Å²) in [6.07, 6.45) is 2.74. The van der Waals surface area contributed by atoms with Gasteiger partial charge in [0.2, 0.25) is 0 Å². The monoisotopic (exact) mass is 279 g/mol. The number of pyridine rings is 1. The molecule has 1 amide bonds. The van der Waals surface area contributed by atoms with E-state index in [1.165, 1.54) is 0 Å². The number of anilines is 1. The van der Waals surface area contributed by atoms with Crippen LogP contribution in [0.2, 0.25) is 0 Å². The number of carbonyl (C=O) groups is 1. The fraction of sp³-hybridized carbons (Fsp3) is 0.600. The summed E-state index contributed by atoms with van der Waals surface area (Å²) in [5.41, 5.74) is 1.36. The van der Waals surface area contributed by atoms with E-state index in [1.54, 1.807) is 19.4 Å². The molecule has 0 aliphatic heterocycles. The van der Waals surface area contributed by atoms with E-state index in [4.69, 9.17) is 4.74 Å². The molecule has 0 saturated heterocycles. The van der Waals surface area contributed by atoms with Gasteiger partial charge >= 0.3 is 0 Å². The van der Waals surface area contributed by atoms with Gasteiger partial charge in [0, 0.05) is 13.7 Å². The van der Waals surface area contributed by atoms with Gasteiger partial charge in [-0.2, -0.15) is 0 Å². The standard InChI is InChI=1S/C15H25N3O2/c1-5-8-16-12-6-7-13(17-9-12)15(19)18-14(10-20-4)11(2)3/h6-7,9,11,14,16H,5,8,10H2,1-4H3,(H,18,19). The van der Waals surface area contributed by atoms with Crippen LogP contribution in [0.3, 0.4) is 0 Å². The molecule has 1 aromatic heterocycles. The summed E-state index contributed by atoms with van der Waals surface area (Å²) < 4.78 is 5.12. The van der Waals surface area contributed by atoms with E-state index in [2.05, 4.69) is 36.4 Å². The number of nitrogens with zero attached hydrogens (tertiary/aromatic N) is 1. The zero-order valence-electron chi connectivity index (χ0n) is 12.8. The van der Waals surface area contributed by atoms with Crippen LogP contribution in [0, 0.1) is 5.92 Å². The number of hydrogen-bond donors (Lipinski definition) is 2. The summed E-state index contributed by atoms with van der Waals surface area (Å²) in [4.78, 5) is 16.3. The van der Waals surface area contributed by atoms with Crippen molar-refractivity contribution in [2.75, 3.05) is 25.6 Å². The van der Waals surface area contributed by atoms with E-state index in [0.717, 1.165) is 18.7 Å². The van der Waals surface area contributed by atoms with Gasteiger partial charge in [0.15, 0.2) is 0 Å². The first-order chi connectivity index (χ1) is 9.58. The van der Waals surface area contributed by atoms with Crippen molar-refractivity contribution in [2.45, 2.75) is 33.2 Å². The van der Waals surface area contributed by atoms with Gasteiger partial charge in [-0.05, 0) is 24.5 Å². The highest BCUT2D eigenvalue weighted by molar-refractivity contribution is 5.92. The predicted octanol–water partition coefficient (Wildman–Crippen LogP) is 2.30. The van der Waals surface area contributed by atoms with E-state index < -0.39 is 0 Å². The third-order valence-corrected chi connectivity index (χ3v) is 3.04. The van der Waals surface area contributed by atoms with Crippen LogP contribution >= 0.6 is 0 Å². The van der Waals surface area contributed by atoms with Gasteiger partial charge < -0.3 is 15.4 Å². The number of amides is 1. The van der Waals surface area contributed by atoms with Crippen LogP contribution in [-0.4, -0.2) is 37.2 Å². The Balaban J connectivity index is 2.62. The fourth-order valence-electron chi connectivity index (χ4n) is 1.72. The normalized spacial score (nSPS) is 12.2. The summed E-state index contributed by atoms with van der Waals surface area (Å²) >= 11 is 0. The highest BCUT2D eigenvalue weighted by Gasteiger charge is 2.17. The maximum absolute atomic E-state index is 12.1. The molecule has 2 N–H and O–H groups in total. The Morgan fingerprint density at radius 3 is 2.65 bits per heavy atom. The molecule has 0 spiro atoms. The summed E-state index contributed by atoms with van der Waals surface area (Å²) in [5.74, 6) is 0.146. The van der Waals surface area contributed by atoms with E-state index in [1.807, 2.05) is 6.07 Å². The minimum Gasteiger partial charge on any atom is -0.384 e. The SMILES string of the molecule is CCCNc1ccc(C(=O)NC(COC)C(C)C)nc1. The first-order valence-corrected chi connectivity index (χ1v) is 7.08. The summed E-state index contributed by atoms with van der Waals surface area (Å²) in [6.45, 7) is 7.60. The lowest BCUT2D eigenvalue weighted by atomic mass is 10.1. The maximum atomic E-state index is 12.1. The maximum Gasteiger partial charge on any atom is 0.270 e. The van der Waals surface area contributed by atoms with E-state index in [-0.39, 0.29) is 11.9 Å². The smallest absolute Gasteiger partial charge is 0.270 e. The fourth-order valence-corrected chi connectivity index (χ4v) is 1.72. The van der Waals surface area contributed by atoms with Gasteiger partial charge in [-0.3, -0.25) is 4.79 Å². The summed E-state index contributed by atoms with van der Waals surface area (Å²) in [5, 5.41) is 6.18. The van der Waals surface area contributed by atoms with Crippen molar-refractivity contribution in [2.24, 2.45) is 5.92 Å². The number of hydrogen-bond acceptors (Lipinski definition) is 4. The zero-order valence-corrected chi connectivity index (χ0v) is 12.8. The lowest BCUT2D eigenvalue weighted by Crippen LogP contribution is -2.41. The van der Waals surface area contributed by atoms with Crippen molar-refractivity contribution in [3.63, 3.8) is 0 Å². The molecule has 0 saturated carbocycles. The summed E-state index contributed by atoms with van der Waals surface area (Å²) in [6, 6.07) is 3.60. The number of nitrogens with one attached hydrogen (secondary N) is 2. The van der Waals surface area contributed by atoms with E-state index in [9.17, 15) is 4.79 Å². The average molecular weight is 279 g/mol. The highest BCUT2D eigenvalue weighted by atomic mass is 16.5. The second-order valence-corrected chi connectivity index (χ2v) is 5.14. The molecule has 0 aliphatic rings. The quantitative estimate of drug-likeness (QED) is 0.766. The Labute approximate surface area is 121 Å². The minimum absolute atomic E-state index is 0.00723. The largest absolute Gasteiger partial charge is 0.384 e. The third kappa shape index (κ3) is 5.17. The van der Waals surface area contributed by atoms with E-state index in [0.29, 0.717) is 18.2 Å². The molecule has 1 aromatic rings. The zero-order chi connectivity index (χ0) is 15.0. The first-order valence-electron chi connectivity index (χ1n) is 7.08. The molecule has 20 heavy (non-hydrogen) atoms. The molecule has 5 nitrogen and oxygen atoms in total. The summed E-state index contributed by atoms with van der Waals surface area (Å²) in [7, 11) is 1.63. The topological polar surface area (TPSA) is 63.2 Å². The van der Waals surface area contributed by atoms with Gasteiger partial charge in [-0.25, -0.2) is 4.98 Å². The Kier molecular flexibility index (Phi) is 7.01. The molecular weight excluding hydrogens is 254 g/mol. The van der Waals surface area contributed by atoms with Crippen LogP contribution in [0.4, 0.5) is 5.69 Å². The number of aromatic nitrogens is 1. The van der Waals surface area contributed by atoms with Gasteiger partial charge in [0.1, 0.15) is 5.69 Å². The highest BCUT2D eigenvalue weighted by Crippen LogP contribution is 2.08. The first kappa shape index (κ1) is 16.4. The minimum atomic E-state index is -0.164. The van der Waals surface area contributed by atoms with Crippen molar-refractivity contribution in [3.8, 4) is 0 Å². The molecule has 1 heterocycles. The van der Waals surface area contributed by atoms with Crippen molar-refractivity contribution < 1.29 is 9.53 Å². The molecule has 0 aromatic carbocycles. The number of ether oxygens (including phenoxy) is 1. The van der Waals surface area contributed by atoms with Gasteiger partial charge in [-0.1, -0.05) is 20.8 Å². The molecule has 1 rings (SSSR count). The molecule has 0 radical (unpaired) electrons. The van der Waals surface area contributed by atoms with Crippen molar-refractivity contribution >= 4 is 11.6 Å². The average Bonchev–Trinajstić information content (AvgIpc) is 2.45. The molecule has 0 aliphatic carbocycles. The Morgan fingerprint density at radius 1 is 1.40 bits per heavy atom. The molecule has 0 fully saturated rings. The lowest BCUT2D eigenvalue weighted by molar-refractivity contribution is 0.0862. The molecular formula is C15H25N3O2. The van der Waals surface area contributed by atoms with Crippen molar-refractivity contribution in [1.82, 2.24) is 10.3 Å². The molecule has 1 atom stereocenters.